The van der Waals surface area contributed by atoms with Crippen molar-refractivity contribution in [3.8, 4) is 0 Å². The summed E-state index contributed by atoms with van der Waals surface area (Å²) < 4.78 is 6.53. The van der Waals surface area contributed by atoms with Crippen molar-refractivity contribution in [1.82, 2.24) is 14.6 Å². The molecule has 0 saturated heterocycles. The molecule has 0 bridgehead atoms. The molecule has 0 spiro atoms. The van der Waals surface area contributed by atoms with Gasteiger partial charge in [-0.3, -0.25) is 4.79 Å². The molecule has 1 aromatic carbocycles. The van der Waals surface area contributed by atoms with Gasteiger partial charge in [-0.1, -0.05) is 24.3 Å². The van der Waals surface area contributed by atoms with Crippen LogP contribution in [-0.2, 0) is 4.74 Å². The van der Waals surface area contributed by atoms with Gasteiger partial charge in [0.25, 0.3) is 5.56 Å². The highest BCUT2D eigenvalue weighted by Gasteiger charge is 2.17. The van der Waals surface area contributed by atoms with Crippen LogP contribution >= 0.6 is 11.3 Å². The number of methoxy groups -OCH3 is 1. The number of rotatable bonds is 5. The van der Waals surface area contributed by atoms with Gasteiger partial charge < -0.3 is 10.1 Å². The second-order valence-electron chi connectivity index (χ2n) is 6.28. The summed E-state index contributed by atoms with van der Waals surface area (Å²) in [7, 11) is 1.69. The number of aromatic nitrogens is 3. The fraction of sp³-hybridized carbons (Fsp3) is 0.316. The van der Waals surface area contributed by atoms with E-state index in [1.165, 1.54) is 4.52 Å². The third kappa shape index (κ3) is 2.64. The zero-order valence-electron chi connectivity index (χ0n) is 15.0. The van der Waals surface area contributed by atoms with Gasteiger partial charge in [0, 0.05) is 35.9 Å². The fourth-order valence-electron chi connectivity index (χ4n) is 3.14. The second-order valence-corrected chi connectivity index (χ2v) is 7.49. The number of benzene rings is 1. The Bertz CT molecular complexity index is 1180. The Hall–Kier alpha value is -2.51. The van der Waals surface area contributed by atoms with Gasteiger partial charge >= 0.3 is 0 Å². The monoisotopic (exact) mass is 368 g/mol. The molecular formula is C19H20N4O2S. The van der Waals surface area contributed by atoms with Crippen LogP contribution in [0.3, 0.4) is 0 Å². The van der Waals surface area contributed by atoms with Gasteiger partial charge in [0.2, 0.25) is 0 Å². The standard InChI is InChI=1S/C19H20N4O2S/c1-11-12(2)26-18-15(11)19(24)23-17(21-18)14-8-5-4-7-13(14)16(22-23)20-9-6-10-25-3/h4-5,7-8H,6,9-10H2,1-3H3,(H,20,22). The lowest BCUT2D eigenvalue weighted by molar-refractivity contribution is 0.198. The molecule has 0 aliphatic heterocycles. The Morgan fingerprint density at radius 3 is 2.77 bits per heavy atom. The normalized spacial score (nSPS) is 11.7. The predicted octanol–water partition coefficient (Wildman–Crippen LogP) is 3.52. The maximum Gasteiger partial charge on any atom is 0.283 e. The van der Waals surface area contributed by atoms with Crippen LogP contribution in [0.15, 0.2) is 29.1 Å². The Balaban J connectivity index is 2.00. The highest BCUT2D eigenvalue weighted by molar-refractivity contribution is 7.18. The van der Waals surface area contributed by atoms with Gasteiger partial charge in [0.15, 0.2) is 11.5 Å². The first kappa shape index (κ1) is 16.9. The minimum Gasteiger partial charge on any atom is -0.385 e. The molecular weight excluding hydrogens is 348 g/mol. The van der Waals surface area contributed by atoms with E-state index >= 15 is 0 Å². The van der Waals surface area contributed by atoms with Crippen molar-refractivity contribution in [2.45, 2.75) is 20.3 Å². The summed E-state index contributed by atoms with van der Waals surface area (Å²) >= 11 is 1.56. The van der Waals surface area contributed by atoms with Crippen molar-refractivity contribution in [1.29, 1.82) is 0 Å². The number of nitrogens with one attached hydrogen (secondary N) is 1. The molecule has 0 fully saturated rings. The fourth-order valence-corrected chi connectivity index (χ4v) is 4.16. The molecule has 7 heteroatoms. The number of hydrogen-bond donors (Lipinski definition) is 1. The molecule has 26 heavy (non-hydrogen) atoms. The lowest BCUT2D eigenvalue weighted by Gasteiger charge is -2.11. The summed E-state index contributed by atoms with van der Waals surface area (Å²) in [6, 6.07) is 7.91. The van der Waals surface area contributed by atoms with Crippen molar-refractivity contribution >= 4 is 43.8 Å². The summed E-state index contributed by atoms with van der Waals surface area (Å²) in [5.41, 5.74) is 1.47. The van der Waals surface area contributed by atoms with Gasteiger partial charge in [0.1, 0.15) is 4.83 Å². The highest BCUT2D eigenvalue weighted by Crippen LogP contribution is 2.29. The van der Waals surface area contributed by atoms with Crippen LogP contribution in [0.2, 0.25) is 0 Å². The smallest absolute Gasteiger partial charge is 0.283 e. The Morgan fingerprint density at radius 1 is 1.23 bits per heavy atom. The first-order valence-electron chi connectivity index (χ1n) is 8.56. The molecule has 0 aliphatic carbocycles. The van der Waals surface area contributed by atoms with E-state index in [-0.39, 0.29) is 5.56 Å². The third-order valence-corrected chi connectivity index (χ3v) is 5.72. The molecule has 1 N–H and O–H groups in total. The summed E-state index contributed by atoms with van der Waals surface area (Å²) in [4.78, 5) is 19.8. The van der Waals surface area contributed by atoms with E-state index in [1.807, 2.05) is 38.1 Å². The molecule has 3 heterocycles. The van der Waals surface area contributed by atoms with E-state index in [2.05, 4.69) is 10.4 Å². The van der Waals surface area contributed by atoms with Gasteiger partial charge in [-0.15, -0.1) is 16.4 Å². The highest BCUT2D eigenvalue weighted by atomic mass is 32.1. The van der Waals surface area contributed by atoms with E-state index in [0.29, 0.717) is 23.5 Å². The van der Waals surface area contributed by atoms with E-state index in [0.717, 1.165) is 39.0 Å². The number of hydrogen-bond acceptors (Lipinski definition) is 6. The van der Waals surface area contributed by atoms with Crippen molar-refractivity contribution in [2.24, 2.45) is 0 Å². The second kappa shape index (κ2) is 6.66. The molecule has 0 atom stereocenters. The SMILES string of the molecule is COCCCNc1nn2c(=O)c3c(C)c(C)sc3nc2c2ccccc12. The maximum absolute atomic E-state index is 13.1. The largest absolute Gasteiger partial charge is 0.385 e. The molecule has 6 nitrogen and oxygen atoms in total. The quantitative estimate of drug-likeness (QED) is 0.431. The molecule has 0 radical (unpaired) electrons. The maximum atomic E-state index is 13.1. The summed E-state index contributed by atoms with van der Waals surface area (Å²) in [6.07, 6.45) is 0.861. The molecule has 0 saturated carbocycles. The number of ether oxygens (including phenoxy) is 1. The number of nitrogens with zero attached hydrogens (tertiary/aromatic N) is 3. The summed E-state index contributed by atoms with van der Waals surface area (Å²) in [6.45, 7) is 5.38. The first-order valence-corrected chi connectivity index (χ1v) is 9.37. The van der Waals surface area contributed by atoms with Crippen molar-refractivity contribution in [3.63, 3.8) is 0 Å². The van der Waals surface area contributed by atoms with Gasteiger partial charge in [-0.2, -0.15) is 4.52 Å². The Morgan fingerprint density at radius 2 is 2.00 bits per heavy atom. The van der Waals surface area contributed by atoms with Crippen LogP contribution in [0.1, 0.15) is 16.9 Å². The van der Waals surface area contributed by atoms with Crippen molar-refractivity contribution in [3.05, 3.63) is 45.1 Å². The summed E-state index contributed by atoms with van der Waals surface area (Å²) in [5.74, 6) is 0.692. The predicted molar refractivity (Wildman–Crippen MR) is 107 cm³/mol. The molecule has 4 aromatic rings. The number of thiophene rings is 1. The summed E-state index contributed by atoms with van der Waals surface area (Å²) in [5, 5.41) is 10.5. The minimum absolute atomic E-state index is 0.113. The lowest BCUT2D eigenvalue weighted by Crippen LogP contribution is -2.20. The molecule has 0 unspecified atom stereocenters. The van der Waals surface area contributed by atoms with Gasteiger partial charge in [-0.25, -0.2) is 4.98 Å². The molecule has 4 rings (SSSR count). The molecule has 0 aliphatic rings. The van der Waals surface area contributed by atoms with Gasteiger partial charge in [-0.05, 0) is 25.8 Å². The average molecular weight is 368 g/mol. The van der Waals surface area contributed by atoms with Crippen LogP contribution in [-0.4, -0.2) is 34.9 Å². The Kier molecular flexibility index (Phi) is 4.34. The van der Waals surface area contributed by atoms with E-state index < -0.39 is 0 Å². The van der Waals surface area contributed by atoms with E-state index in [9.17, 15) is 4.79 Å². The van der Waals surface area contributed by atoms with Crippen LogP contribution in [0, 0.1) is 13.8 Å². The topological polar surface area (TPSA) is 68.5 Å². The van der Waals surface area contributed by atoms with E-state index in [4.69, 9.17) is 9.72 Å². The zero-order valence-corrected chi connectivity index (χ0v) is 15.8. The van der Waals surface area contributed by atoms with Crippen molar-refractivity contribution in [2.75, 3.05) is 25.6 Å². The number of fused-ring (bicyclic) bond motifs is 4. The zero-order chi connectivity index (χ0) is 18.3. The minimum atomic E-state index is -0.113. The number of aryl methyl sites for hydroxylation is 2. The third-order valence-electron chi connectivity index (χ3n) is 4.62. The average Bonchev–Trinajstić information content (AvgIpc) is 2.94. The Labute approximate surface area is 154 Å². The van der Waals surface area contributed by atoms with Crippen LogP contribution in [0.5, 0.6) is 0 Å². The van der Waals surface area contributed by atoms with E-state index in [1.54, 1.807) is 18.4 Å². The van der Waals surface area contributed by atoms with Gasteiger partial charge in [0.05, 0.1) is 5.39 Å². The number of anilines is 1. The van der Waals surface area contributed by atoms with Crippen LogP contribution < -0.4 is 10.9 Å². The molecule has 3 aromatic heterocycles. The van der Waals surface area contributed by atoms with Crippen LogP contribution in [0.4, 0.5) is 5.82 Å². The lowest BCUT2D eigenvalue weighted by atomic mass is 10.1. The molecule has 134 valence electrons. The van der Waals surface area contributed by atoms with Crippen molar-refractivity contribution < 1.29 is 4.74 Å². The van der Waals surface area contributed by atoms with Crippen LogP contribution in [0.25, 0.3) is 26.6 Å². The first-order chi connectivity index (χ1) is 12.6. The molecule has 0 amide bonds.